The Labute approximate surface area is 326 Å². The number of carboxylic acids is 1. The van der Waals surface area contributed by atoms with Crippen LogP contribution < -0.4 is 31.9 Å². The normalized spacial score (nSPS) is 13.6. The lowest BCUT2D eigenvalue weighted by Gasteiger charge is -2.26. The summed E-state index contributed by atoms with van der Waals surface area (Å²) in [5, 5.41) is 24.8. The summed E-state index contributed by atoms with van der Waals surface area (Å²) in [5.74, 6) is -4.70. The van der Waals surface area contributed by atoms with Gasteiger partial charge in [-0.05, 0) is 96.2 Å². The molecule has 2 aromatic carbocycles. The first-order chi connectivity index (χ1) is 25.4. The molecule has 0 fully saturated rings. The van der Waals surface area contributed by atoms with Crippen molar-refractivity contribution in [3.8, 4) is 11.1 Å². The minimum Gasteiger partial charge on any atom is -0.480 e. The Bertz CT molecular complexity index is 1670. The fourth-order valence-corrected chi connectivity index (χ4v) is 4.88. The summed E-state index contributed by atoms with van der Waals surface area (Å²) in [6, 6.07) is 8.05. The van der Waals surface area contributed by atoms with Crippen molar-refractivity contribution in [1.29, 1.82) is 0 Å². The van der Waals surface area contributed by atoms with Gasteiger partial charge >= 0.3 is 18.2 Å². The van der Waals surface area contributed by atoms with Gasteiger partial charge in [-0.2, -0.15) is 0 Å². The van der Waals surface area contributed by atoms with Gasteiger partial charge in [0.2, 0.25) is 17.7 Å². The number of amides is 6. The maximum absolute atomic E-state index is 13.8. The highest BCUT2D eigenvalue weighted by atomic mass is 35.5. The predicted molar refractivity (Wildman–Crippen MR) is 205 cm³/mol. The van der Waals surface area contributed by atoms with E-state index in [1.165, 1.54) is 6.92 Å². The number of halogens is 1. The molecule has 55 heavy (non-hydrogen) atoms. The topological polar surface area (TPSA) is 230 Å². The molecule has 2 aromatic rings. The lowest BCUT2D eigenvalue weighted by atomic mass is 10.0. The van der Waals surface area contributed by atoms with Crippen LogP contribution in [0.25, 0.3) is 11.1 Å². The van der Waals surface area contributed by atoms with E-state index < -0.39 is 90.2 Å². The fourth-order valence-electron chi connectivity index (χ4n) is 4.76. The third kappa shape index (κ3) is 17.1. The number of alkyl carbamates (subject to hydrolysis) is 2. The molecule has 7 N–H and O–H groups in total. The van der Waals surface area contributed by atoms with Gasteiger partial charge < -0.3 is 46.5 Å². The summed E-state index contributed by atoms with van der Waals surface area (Å²) in [4.78, 5) is 90.4. The summed E-state index contributed by atoms with van der Waals surface area (Å²) in [6.07, 6.45) is -1.66. The van der Waals surface area contributed by atoms with Crippen LogP contribution in [-0.2, 0) is 28.7 Å². The number of hydrogen-bond acceptors (Lipinski definition) is 9. The van der Waals surface area contributed by atoms with E-state index in [0.29, 0.717) is 5.02 Å². The van der Waals surface area contributed by atoms with E-state index in [2.05, 4.69) is 31.9 Å². The summed E-state index contributed by atoms with van der Waals surface area (Å²) >= 11 is 5.99. The van der Waals surface area contributed by atoms with Gasteiger partial charge in [-0.3, -0.25) is 19.2 Å². The highest BCUT2D eigenvalue weighted by Crippen LogP contribution is 2.22. The monoisotopic (exact) mass is 788 g/mol. The van der Waals surface area contributed by atoms with Gasteiger partial charge in [0.1, 0.15) is 35.4 Å². The van der Waals surface area contributed by atoms with Gasteiger partial charge in [-0.15, -0.1) is 0 Å². The molecular formula is C38H53ClN6O10. The fraction of sp³-hybridized carbons (Fsp3) is 0.500. The van der Waals surface area contributed by atoms with Crippen molar-refractivity contribution < 1.29 is 48.1 Å². The van der Waals surface area contributed by atoms with Crippen LogP contribution in [0, 0.1) is 5.92 Å². The van der Waals surface area contributed by atoms with Crippen molar-refractivity contribution in [2.75, 3.05) is 13.1 Å². The number of benzene rings is 2. The Morgan fingerprint density at radius 1 is 0.618 bits per heavy atom. The molecule has 0 aliphatic rings. The smallest absolute Gasteiger partial charge is 0.407 e. The quantitative estimate of drug-likeness (QED) is 0.130. The Balaban J connectivity index is 2.34. The summed E-state index contributed by atoms with van der Waals surface area (Å²) in [5.41, 5.74) is 0.0377. The molecule has 17 heteroatoms. The molecule has 2 rings (SSSR count). The summed E-state index contributed by atoms with van der Waals surface area (Å²) in [6.45, 7) is 13.7. The number of aliphatic carboxylic acids is 1. The highest BCUT2D eigenvalue weighted by Gasteiger charge is 2.32. The van der Waals surface area contributed by atoms with Gasteiger partial charge in [0.15, 0.2) is 0 Å². The third-order valence-electron chi connectivity index (χ3n) is 7.35. The van der Waals surface area contributed by atoms with E-state index in [0.717, 1.165) is 11.1 Å². The van der Waals surface area contributed by atoms with E-state index >= 15 is 0 Å². The molecule has 0 saturated heterocycles. The van der Waals surface area contributed by atoms with Crippen LogP contribution in [0.5, 0.6) is 0 Å². The molecule has 0 spiro atoms. The summed E-state index contributed by atoms with van der Waals surface area (Å²) < 4.78 is 10.5. The van der Waals surface area contributed by atoms with Crippen molar-refractivity contribution in [3.63, 3.8) is 0 Å². The van der Waals surface area contributed by atoms with Crippen LogP contribution in [-0.4, -0.2) is 95.4 Å². The lowest BCUT2D eigenvalue weighted by molar-refractivity contribution is -0.142. The van der Waals surface area contributed by atoms with Crippen LogP contribution in [0.15, 0.2) is 48.5 Å². The standard InChI is InChI=1S/C38H53ClN6O10/c1-21(2)18-27(34(50)51)43-30(46)22(3)42-32(48)28(19-40-35(52)54-37(4,5)6)45-33(49)29(20-41-36(53)55-38(7,8)9)44-31(47)25-12-10-23(11-13-25)24-14-16-26(39)17-15-24/h10-17,21-22,27-29H,18-20H2,1-9H3,(H,40,52)(H,41,53)(H,42,48)(H,43,46)(H,44,47)(H,45,49)(H,50,51)/t22-,27-,28-,29-/m0/s1. The molecule has 0 bridgehead atoms. The molecule has 4 atom stereocenters. The van der Waals surface area contributed by atoms with Gasteiger partial charge in [0.25, 0.3) is 5.91 Å². The van der Waals surface area contributed by atoms with Crippen molar-refractivity contribution in [2.24, 2.45) is 5.92 Å². The zero-order chi connectivity index (χ0) is 41.7. The molecule has 0 aliphatic carbocycles. The SMILES string of the molecule is CC(C)C[C@H](NC(=O)[C@H](C)NC(=O)[C@H](CNC(=O)OC(C)(C)C)NC(=O)[C@H](CNC(=O)OC(C)(C)C)NC(=O)c1ccc(-c2ccc(Cl)cc2)cc1)C(=O)O. The van der Waals surface area contributed by atoms with E-state index in [-0.39, 0.29) is 17.9 Å². The third-order valence-corrected chi connectivity index (χ3v) is 7.60. The van der Waals surface area contributed by atoms with Crippen LogP contribution >= 0.6 is 11.6 Å². The average Bonchev–Trinajstić information content (AvgIpc) is 3.06. The molecule has 0 radical (unpaired) electrons. The van der Waals surface area contributed by atoms with Crippen molar-refractivity contribution in [2.45, 2.75) is 104 Å². The van der Waals surface area contributed by atoms with Gasteiger partial charge in [-0.1, -0.05) is 49.7 Å². The second-order valence-electron chi connectivity index (χ2n) is 15.2. The first-order valence-corrected chi connectivity index (χ1v) is 18.1. The van der Waals surface area contributed by atoms with Crippen LogP contribution in [0.4, 0.5) is 9.59 Å². The maximum Gasteiger partial charge on any atom is 0.407 e. The second kappa shape index (κ2) is 20.3. The molecule has 0 saturated carbocycles. The molecular weight excluding hydrogens is 736 g/mol. The molecule has 0 heterocycles. The van der Waals surface area contributed by atoms with Gasteiger partial charge in [-0.25, -0.2) is 14.4 Å². The Morgan fingerprint density at radius 3 is 1.47 bits per heavy atom. The molecule has 302 valence electrons. The van der Waals surface area contributed by atoms with E-state index in [1.807, 2.05) is 12.1 Å². The molecule has 0 unspecified atom stereocenters. The van der Waals surface area contributed by atoms with Crippen molar-refractivity contribution in [3.05, 3.63) is 59.1 Å². The first-order valence-electron chi connectivity index (χ1n) is 17.7. The number of carbonyl (C=O) groups excluding carboxylic acids is 6. The molecule has 16 nitrogen and oxygen atoms in total. The molecule has 6 amide bonds. The summed E-state index contributed by atoms with van der Waals surface area (Å²) in [7, 11) is 0. The number of nitrogens with one attached hydrogen (secondary N) is 6. The van der Waals surface area contributed by atoms with Crippen molar-refractivity contribution >= 4 is 53.4 Å². The zero-order valence-electron chi connectivity index (χ0n) is 32.6. The Hall–Kier alpha value is -5.38. The lowest BCUT2D eigenvalue weighted by Crippen LogP contribution is -2.61. The number of carboxylic acid groups (broad SMARTS) is 1. The second-order valence-corrected chi connectivity index (χ2v) is 15.6. The first kappa shape index (κ1) is 45.8. The highest BCUT2D eigenvalue weighted by molar-refractivity contribution is 6.30. The number of rotatable bonds is 16. The maximum atomic E-state index is 13.8. The molecule has 0 aromatic heterocycles. The van der Waals surface area contributed by atoms with E-state index in [4.69, 9.17) is 21.1 Å². The Kier molecular flexibility index (Phi) is 16.9. The minimum atomic E-state index is -1.55. The number of ether oxygens (including phenoxy) is 2. The van der Waals surface area contributed by atoms with Crippen molar-refractivity contribution in [1.82, 2.24) is 31.9 Å². The molecule has 0 aliphatic heterocycles. The largest absolute Gasteiger partial charge is 0.480 e. The minimum absolute atomic E-state index is 0.0585. The van der Waals surface area contributed by atoms with Crippen LogP contribution in [0.3, 0.4) is 0 Å². The predicted octanol–water partition coefficient (Wildman–Crippen LogP) is 3.76. The Morgan fingerprint density at radius 2 is 1.04 bits per heavy atom. The van der Waals surface area contributed by atoms with Crippen LogP contribution in [0.2, 0.25) is 5.02 Å². The van der Waals surface area contributed by atoms with E-state index in [9.17, 15) is 38.7 Å². The average molecular weight is 789 g/mol. The number of carbonyl (C=O) groups is 7. The van der Waals surface area contributed by atoms with E-state index in [1.54, 1.807) is 91.8 Å². The number of hydrogen-bond donors (Lipinski definition) is 7. The van der Waals surface area contributed by atoms with Crippen LogP contribution in [0.1, 0.15) is 79.1 Å². The zero-order valence-corrected chi connectivity index (χ0v) is 33.4. The van der Waals surface area contributed by atoms with Gasteiger partial charge in [0.05, 0.1) is 13.1 Å². The van der Waals surface area contributed by atoms with Gasteiger partial charge in [0, 0.05) is 10.6 Å².